The lowest BCUT2D eigenvalue weighted by Gasteiger charge is -2.04. The topological polar surface area (TPSA) is 64.7 Å². The lowest BCUT2D eigenvalue weighted by atomic mass is 10.2. The van der Waals surface area contributed by atoms with E-state index in [1.807, 2.05) is 31.2 Å². The van der Waals surface area contributed by atoms with E-state index in [0.29, 0.717) is 13.0 Å². The van der Waals surface area contributed by atoms with Gasteiger partial charge in [-0.1, -0.05) is 6.07 Å². The maximum atomic E-state index is 5.54. The first-order valence-corrected chi connectivity index (χ1v) is 5.71. The van der Waals surface area contributed by atoms with Gasteiger partial charge in [0.1, 0.15) is 5.82 Å². The van der Waals surface area contributed by atoms with Gasteiger partial charge in [-0.15, -0.1) is 0 Å². The van der Waals surface area contributed by atoms with Crippen LogP contribution < -0.4 is 5.73 Å². The van der Waals surface area contributed by atoms with Crippen LogP contribution >= 0.6 is 0 Å². The van der Waals surface area contributed by atoms with Crippen molar-refractivity contribution in [2.45, 2.75) is 19.8 Å². The highest BCUT2D eigenvalue weighted by Gasteiger charge is 2.03. The van der Waals surface area contributed by atoms with Gasteiger partial charge in [-0.3, -0.25) is 4.98 Å². The normalized spacial score (nSPS) is 10.5. The predicted octanol–water partition coefficient (Wildman–Crippen LogP) is 1.27. The van der Waals surface area contributed by atoms with Gasteiger partial charge in [-0.25, -0.2) is 9.97 Å². The number of nitrogens with zero attached hydrogens (tertiary/aromatic N) is 3. The Morgan fingerprint density at radius 1 is 1.18 bits per heavy atom. The smallest absolute Gasteiger partial charge is 0.134 e. The molecule has 0 fully saturated rings. The number of hydrogen-bond acceptors (Lipinski definition) is 4. The van der Waals surface area contributed by atoms with Crippen molar-refractivity contribution < 1.29 is 0 Å². The number of aromatic nitrogens is 3. The lowest BCUT2D eigenvalue weighted by Crippen LogP contribution is -2.08. The first kappa shape index (κ1) is 11.7. The van der Waals surface area contributed by atoms with Crippen LogP contribution in [0.1, 0.15) is 22.9 Å². The zero-order chi connectivity index (χ0) is 12.1. The van der Waals surface area contributed by atoms with E-state index in [4.69, 9.17) is 5.73 Å². The van der Waals surface area contributed by atoms with Crippen molar-refractivity contribution >= 4 is 0 Å². The van der Waals surface area contributed by atoms with Crippen LogP contribution in [0.25, 0.3) is 0 Å². The summed E-state index contributed by atoms with van der Waals surface area (Å²) in [6.07, 6.45) is 3.24. The number of rotatable bonds is 4. The molecular weight excluding hydrogens is 212 g/mol. The van der Waals surface area contributed by atoms with Gasteiger partial charge in [0.15, 0.2) is 0 Å². The second kappa shape index (κ2) is 5.50. The molecule has 0 amide bonds. The molecule has 0 spiro atoms. The Labute approximate surface area is 101 Å². The number of hydrogen-bond donors (Lipinski definition) is 1. The minimum atomic E-state index is 0.611. The molecule has 0 aromatic carbocycles. The fourth-order valence-electron chi connectivity index (χ4n) is 1.72. The van der Waals surface area contributed by atoms with E-state index < -0.39 is 0 Å². The third-order valence-electron chi connectivity index (χ3n) is 2.42. The van der Waals surface area contributed by atoms with Crippen LogP contribution in [0.5, 0.6) is 0 Å². The van der Waals surface area contributed by atoms with Gasteiger partial charge in [0.25, 0.3) is 0 Å². The Bertz CT molecular complexity index is 482. The van der Waals surface area contributed by atoms with E-state index >= 15 is 0 Å². The Hall–Kier alpha value is -1.81. The molecule has 2 N–H and O–H groups in total. The highest BCUT2D eigenvalue weighted by atomic mass is 14.9. The van der Waals surface area contributed by atoms with Crippen LogP contribution in [0.4, 0.5) is 0 Å². The first-order valence-electron chi connectivity index (χ1n) is 5.71. The summed E-state index contributed by atoms with van der Waals surface area (Å²) in [6, 6.07) is 7.84. The molecule has 2 heterocycles. The third kappa shape index (κ3) is 3.32. The van der Waals surface area contributed by atoms with Crippen LogP contribution in [0.15, 0.2) is 30.5 Å². The number of nitrogens with two attached hydrogens (primary N) is 1. The monoisotopic (exact) mass is 228 g/mol. The van der Waals surface area contributed by atoms with Crippen LogP contribution in [0.2, 0.25) is 0 Å². The molecule has 2 aromatic heterocycles. The SMILES string of the molecule is Cc1cc(CCN)nc(Cc2ccccn2)n1. The summed E-state index contributed by atoms with van der Waals surface area (Å²) in [4.78, 5) is 13.2. The van der Waals surface area contributed by atoms with Gasteiger partial charge in [0.2, 0.25) is 0 Å². The number of aryl methyl sites for hydroxylation is 1. The Morgan fingerprint density at radius 3 is 2.76 bits per heavy atom. The summed E-state index contributed by atoms with van der Waals surface area (Å²) >= 11 is 0. The fraction of sp³-hybridized carbons (Fsp3) is 0.308. The van der Waals surface area contributed by atoms with Crippen LogP contribution in [-0.2, 0) is 12.8 Å². The average Bonchev–Trinajstić information content (AvgIpc) is 2.30. The van der Waals surface area contributed by atoms with Crippen molar-refractivity contribution in [3.05, 3.63) is 53.4 Å². The highest BCUT2D eigenvalue weighted by Crippen LogP contribution is 2.06. The minimum absolute atomic E-state index is 0.611. The fourth-order valence-corrected chi connectivity index (χ4v) is 1.72. The van der Waals surface area contributed by atoms with E-state index in [0.717, 1.165) is 29.3 Å². The van der Waals surface area contributed by atoms with Crippen LogP contribution in [-0.4, -0.2) is 21.5 Å². The van der Waals surface area contributed by atoms with Crippen molar-refractivity contribution in [2.24, 2.45) is 5.73 Å². The molecule has 88 valence electrons. The molecule has 0 aliphatic rings. The predicted molar refractivity (Wildman–Crippen MR) is 66.6 cm³/mol. The third-order valence-corrected chi connectivity index (χ3v) is 2.42. The van der Waals surface area contributed by atoms with E-state index in [9.17, 15) is 0 Å². The molecule has 0 aliphatic heterocycles. The van der Waals surface area contributed by atoms with E-state index in [1.165, 1.54) is 0 Å². The highest BCUT2D eigenvalue weighted by molar-refractivity contribution is 5.15. The van der Waals surface area contributed by atoms with Gasteiger partial charge in [0.05, 0.1) is 6.42 Å². The van der Waals surface area contributed by atoms with Crippen molar-refractivity contribution in [1.29, 1.82) is 0 Å². The summed E-state index contributed by atoms with van der Waals surface area (Å²) in [5, 5.41) is 0. The molecule has 17 heavy (non-hydrogen) atoms. The van der Waals surface area contributed by atoms with Crippen molar-refractivity contribution in [3.63, 3.8) is 0 Å². The molecule has 2 rings (SSSR count). The lowest BCUT2D eigenvalue weighted by molar-refractivity contribution is 0.845. The summed E-state index contributed by atoms with van der Waals surface area (Å²) in [7, 11) is 0. The molecule has 0 atom stereocenters. The molecular formula is C13H16N4. The average molecular weight is 228 g/mol. The van der Waals surface area contributed by atoms with Crippen molar-refractivity contribution in [3.8, 4) is 0 Å². The molecule has 0 unspecified atom stereocenters. The van der Waals surface area contributed by atoms with Gasteiger partial charge in [-0.05, 0) is 31.7 Å². The maximum absolute atomic E-state index is 5.54. The summed E-state index contributed by atoms with van der Waals surface area (Å²) < 4.78 is 0. The zero-order valence-corrected chi connectivity index (χ0v) is 9.93. The van der Waals surface area contributed by atoms with Gasteiger partial charge in [0, 0.05) is 29.7 Å². The van der Waals surface area contributed by atoms with E-state index in [-0.39, 0.29) is 0 Å². The van der Waals surface area contributed by atoms with Crippen LogP contribution in [0, 0.1) is 6.92 Å². The van der Waals surface area contributed by atoms with Gasteiger partial charge >= 0.3 is 0 Å². The Balaban J connectivity index is 2.21. The standard InChI is InChI=1S/C13H16N4/c1-10-8-12(5-6-14)17-13(16-10)9-11-4-2-3-7-15-11/h2-4,7-8H,5-6,9,14H2,1H3. The molecule has 2 aromatic rings. The summed E-state index contributed by atoms with van der Waals surface area (Å²) in [6.45, 7) is 2.59. The zero-order valence-electron chi connectivity index (χ0n) is 9.93. The quantitative estimate of drug-likeness (QED) is 0.856. The van der Waals surface area contributed by atoms with Gasteiger partial charge in [-0.2, -0.15) is 0 Å². The van der Waals surface area contributed by atoms with Crippen LogP contribution in [0.3, 0.4) is 0 Å². The van der Waals surface area contributed by atoms with Crippen molar-refractivity contribution in [1.82, 2.24) is 15.0 Å². The maximum Gasteiger partial charge on any atom is 0.134 e. The van der Waals surface area contributed by atoms with Gasteiger partial charge < -0.3 is 5.73 Å². The molecule has 0 saturated heterocycles. The van der Waals surface area contributed by atoms with E-state index in [2.05, 4.69) is 15.0 Å². The number of pyridine rings is 1. The molecule has 0 aliphatic carbocycles. The largest absolute Gasteiger partial charge is 0.330 e. The molecule has 0 bridgehead atoms. The molecule has 0 radical (unpaired) electrons. The second-order valence-electron chi connectivity index (χ2n) is 3.95. The Morgan fingerprint density at radius 2 is 2.06 bits per heavy atom. The molecule has 4 nitrogen and oxygen atoms in total. The molecule has 4 heteroatoms. The van der Waals surface area contributed by atoms with Crippen molar-refractivity contribution in [2.75, 3.05) is 6.54 Å². The Kier molecular flexibility index (Phi) is 3.77. The molecule has 0 saturated carbocycles. The summed E-state index contributed by atoms with van der Waals surface area (Å²) in [5.41, 5.74) is 8.51. The van der Waals surface area contributed by atoms with E-state index in [1.54, 1.807) is 6.20 Å². The second-order valence-corrected chi connectivity index (χ2v) is 3.95. The summed E-state index contributed by atoms with van der Waals surface area (Å²) in [5.74, 6) is 0.812. The minimum Gasteiger partial charge on any atom is -0.330 e. The first-order chi connectivity index (χ1) is 8.28.